The van der Waals surface area contributed by atoms with Crippen molar-refractivity contribution in [1.29, 1.82) is 0 Å². The van der Waals surface area contributed by atoms with Gasteiger partial charge in [0.05, 0.1) is 6.54 Å². The Balaban J connectivity index is 0.00000264. The maximum atomic E-state index is 12.3. The molecule has 23 heavy (non-hydrogen) atoms. The Morgan fingerprint density at radius 3 is 2.78 bits per heavy atom. The number of rotatable bonds is 6. The highest BCUT2D eigenvalue weighted by atomic mass is 35.5. The highest BCUT2D eigenvalue weighted by molar-refractivity contribution is 5.85. The van der Waals surface area contributed by atoms with Gasteiger partial charge < -0.3 is 15.4 Å². The predicted octanol–water partition coefficient (Wildman–Crippen LogP) is 3.16. The van der Waals surface area contributed by atoms with Gasteiger partial charge in [0.2, 0.25) is 5.91 Å². The second-order valence-electron chi connectivity index (χ2n) is 6.39. The zero-order valence-corrected chi connectivity index (χ0v) is 15.0. The van der Waals surface area contributed by atoms with Crippen molar-refractivity contribution in [3.8, 4) is 5.75 Å². The number of aryl methyl sites for hydroxylation is 1. The van der Waals surface area contributed by atoms with Crippen molar-refractivity contribution in [2.24, 2.45) is 11.7 Å². The normalized spacial score (nSPS) is 20.5. The molecule has 1 aliphatic rings. The number of ether oxygens (including phenoxy) is 1. The molecule has 0 heterocycles. The smallest absolute Gasteiger partial charge is 0.222 e. The molecule has 0 spiro atoms. The molecule has 0 saturated heterocycles. The molecule has 0 aromatic heterocycles. The van der Waals surface area contributed by atoms with Gasteiger partial charge in [-0.1, -0.05) is 25.0 Å². The van der Waals surface area contributed by atoms with E-state index in [4.69, 9.17) is 10.5 Å². The molecular weight excluding hydrogens is 312 g/mol. The zero-order chi connectivity index (χ0) is 15.9. The Labute approximate surface area is 145 Å². The van der Waals surface area contributed by atoms with Gasteiger partial charge in [0, 0.05) is 19.5 Å². The summed E-state index contributed by atoms with van der Waals surface area (Å²) in [5, 5.41) is 0. The van der Waals surface area contributed by atoms with Crippen molar-refractivity contribution < 1.29 is 9.53 Å². The molecule has 1 amide bonds. The number of likely N-dealkylation sites (N-methyl/N-ethyl adjacent to an activating group) is 1. The Bertz CT molecular complexity index is 496. The lowest BCUT2D eigenvalue weighted by atomic mass is 9.83. The second kappa shape index (κ2) is 9.78. The predicted molar refractivity (Wildman–Crippen MR) is 96.1 cm³/mol. The molecule has 2 atom stereocenters. The Kier molecular flexibility index (Phi) is 8.42. The van der Waals surface area contributed by atoms with Gasteiger partial charge in [0.25, 0.3) is 0 Å². The van der Waals surface area contributed by atoms with Crippen LogP contribution in [0.4, 0.5) is 0 Å². The van der Waals surface area contributed by atoms with Crippen LogP contribution in [0.3, 0.4) is 0 Å². The number of nitrogens with zero attached hydrogens (tertiary/aromatic N) is 1. The third-order valence-corrected chi connectivity index (χ3v) is 4.52. The zero-order valence-electron chi connectivity index (χ0n) is 14.2. The van der Waals surface area contributed by atoms with Gasteiger partial charge >= 0.3 is 0 Å². The summed E-state index contributed by atoms with van der Waals surface area (Å²) in [5.41, 5.74) is 7.30. The standard InChI is InChI=1S/C18H28N2O2.ClH/c1-14-6-5-8-16(12-14)22-11-10-20(2)18(21)13-15-7-3-4-9-17(15)19;/h5-6,8,12,15,17H,3-4,7,9-11,13,19H2,1-2H3;1H. The van der Waals surface area contributed by atoms with Crippen LogP contribution in [0.2, 0.25) is 0 Å². The van der Waals surface area contributed by atoms with Crippen LogP contribution in [0.5, 0.6) is 5.75 Å². The van der Waals surface area contributed by atoms with E-state index in [2.05, 4.69) is 0 Å². The van der Waals surface area contributed by atoms with Crippen LogP contribution in [0.15, 0.2) is 24.3 Å². The first kappa shape index (κ1) is 19.8. The van der Waals surface area contributed by atoms with Crippen LogP contribution in [0.1, 0.15) is 37.7 Å². The van der Waals surface area contributed by atoms with Crippen LogP contribution in [0.25, 0.3) is 0 Å². The number of nitrogens with two attached hydrogens (primary N) is 1. The van der Waals surface area contributed by atoms with E-state index < -0.39 is 0 Å². The fourth-order valence-electron chi connectivity index (χ4n) is 3.00. The van der Waals surface area contributed by atoms with Crippen LogP contribution in [0, 0.1) is 12.8 Å². The Hall–Kier alpha value is -1.26. The number of carbonyl (C=O) groups excluding carboxylic acids is 1. The maximum absolute atomic E-state index is 12.3. The first-order chi connectivity index (χ1) is 10.6. The van der Waals surface area contributed by atoms with E-state index in [9.17, 15) is 4.79 Å². The minimum absolute atomic E-state index is 0. The maximum Gasteiger partial charge on any atom is 0.222 e. The molecule has 0 radical (unpaired) electrons. The molecule has 0 aliphatic heterocycles. The average Bonchev–Trinajstić information content (AvgIpc) is 2.49. The molecule has 1 aromatic rings. The topological polar surface area (TPSA) is 55.6 Å². The van der Waals surface area contributed by atoms with Gasteiger partial charge in [0.15, 0.2) is 0 Å². The quantitative estimate of drug-likeness (QED) is 0.865. The van der Waals surface area contributed by atoms with Gasteiger partial charge in [-0.2, -0.15) is 0 Å². The summed E-state index contributed by atoms with van der Waals surface area (Å²) in [4.78, 5) is 14.0. The van der Waals surface area contributed by atoms with Gasteiger partial charge in [-0.15, -0.1) is 12.4 Å². The molecular formula is C18H29ClN2O2. The first-order valence-corrected chi connectivity index (χ1v) is 8.25. The average molecular weight is 341 g/mol. The summed E-state index contributed by atoms with van der Waals surface area (Å²) in [6.45, 7) is 3.16. The number of amides is 1. The van der Waals surface area contributed by atoms with Crippen LogP contribution in [-0.2, 0) is 4.79 Å². The molecule has 4 nitrogen and oxygen atoms in total. The van der Waals surface area contributed by atoms with E-state index in [0.717, 1.165) is 18.6 Å². The van der Waals surface area contributed by atoms with Gasteiger partial charge in [0.1, 0.15) is 12.4 Å². The van der Waals surface area contributed by atoms with Crippen molar-refractivity contribution in [2.75, 3.05) is 20.2 Å². The third kappa shape index (κ3) is 6.40. The highest BCUT2D eigenvalue weighted by Gasteiger charge is 2.25. The first-order valence-electron chi connectivity index (χ1n) is 8.25. The van der Waals surface area contributed by atoms with Gasteiger partial charge in [-0.25, -0.2) is 0 Å². The fraction of sp³-hybridized carbons (Fsp3) is 0.611. The van der Waals surface area contributed by atoms with Crippen LogP contribution in [-0.4, -0.2) is 37.0 Å². The molecule has 2 rings (SSSR count). The molecule has 0 bridgehead atoms. The van der Waals surface area contributed by atoms with Gasteiger partial charge in [-0.3, -0.25) is 4.79 Å². The molecule has 2 N–H and O–H groups in total. The van der Waals surface area contributed by atoms with Crippen molar-refractivity contribution in [3.05, 3.63) is 29.8 Å². The van der Waals surface area contributed by atoms with Gasteiger partial charge in [-0.05, 0) is 43.4 Å². The van der Waals surface area contributed by atoms with Crippen LogP contribution >= 0.6 is 12.4 Å². The van der Waals surface area contributed by atoms with Crippen molar-refractivity contribution >= 4 is 18.3 Å². The minimum atomic E-state index is 0. The molecule has 1 fully saturated rings. The Morgan fingerprint density at radius 2 is 2.09 bits per heavy atom. The number of hydrogen-bond acceptors (Lipinski definition) is 3. The Morgan fingerprint density at radius 1 is 1.35 bits per heavy atom. The van der Waals surface area contributed by atoms with E-state index in [1.54, 1.807) is 4.90 Å². The summed E-state index contributed by atoms with van der Waals surface area (Å²) in [6.07, 6.45) is 5.11. The lowest BCUT2D eigenvalue weighted by Gasteiger charge is -2.29. The monoisotopic (exact) mass is 340 g/mol. The summed E-state index contributed by atoms with van der Waals surface area (Å²) in [7, 11) is 1.84. The summed E-state index contributed by atoms with van der Waals surface area (Å²) in [6, 6.07) is 8.15. The number of hydrogen-bond donors (Lipinski definition) is 1. The van der Waals surface area contributed by atoms with Crippen LogP contribution < -0.4 is 10.5 Å². The summed E-state index contributed by atoms with van der Waals surface area (Å²) < 4.78 is 5.70. The van der Waals surface area contributed by atoms with Crippen molar-refractivity contribution in [2.45, 2.75) is 45.1 Å². The van der Waals surface area contributed by atoms with Crippen molar-refractivity contribution in [3.63, 3.8) is 0 Å². The summed E-state index contributed by atoms with van der Waals surface area (Å²) in [5.74, 6) is 1.38. The van der Waals surface area contributed by atoms with E-state index >= 15 is 0 Å². The van der Waals surface area contributed by atoms with Crippen molar-refractivity contribution in [1.82, 2.24) is 4.90 Å². The van der Waals surface area contributed by atoms with E-state index in [1.807, 2.05) is 38.2 Å². The molecule has 1 aliphatic carbocycles. The molecule has 1 aromatic carbocycles. The summed E-state index contributed by atoms with van der Waals surface area (Å²) >= 11 is 0. The van der Waals surface area contributed by atoms with E-state index in [1.165, 1.54) is 18.4 Å². The lowest BCUT2D eigenvalue weighted by Crippen LogP contribution is -2.38. The fourth-order valence-corrected chi connectivity index (χ4v) is 3.00. The molecule has 1 saturated carbocycles. The molecule has 2 unspecified atom stereocenters. The van der Waals surface area contributed by atoms with E-state index in [0.29, 0.717) is 25.5 Å². The third-order valence-electron chi connectivity index (χ3n) is 4.52. The minimum Gasteiger partial charge on any atom is -0.492 e. The second-order valence-corrected chi connectivity index (χ2v) is 6.39. The lowest BCUT2D eigenvalue weighted by molar-refractivity contribution is -0.131. The SMILES string of the molecule is Cc1cccc(OCCN(C)C(=O)CC2CCCCC2N)c1.Cl. The number of benzene rings is 1. The van der Waals surface area contributed by atoms with E-state index in [-0.39, 0.29) is 24.4 Å². The highest BCUT2D eigenvalue weighted by Crippen LogP contribution is 2.26. The molecule has 5 heteroatoms. The number of carbonyl (C=O) groups is 1. The number of halogens is 1. The molecule has 130 valence electrons. The largest absolute Gasteiger partial charge is 0.492 e.